The molecule has 8 heteroatoms. The Morgan fingerprint density at radius 1 is 1.42 bits per heavy atom. The van der Waals surface area contributed by atoms with Crippen molar-refractivity contribution in [2.45, 2.75) is 32.7 Å². The molecular weight excluding hydrogens is 316 g/mol. The molecular formula is C16H20N2O6. The van der Waals surface area contributed by atoms with Crippen LogP contribution in [-0.4, -0.2) is 46.0 Å². The molecule has 0 saturated carbocycles. The number of carbonyl (C=O) groups is 2. The van der Waals surface area contributed by atoms with Crippen molar-refractivity contribution in [3.8, 4) is 5.75 Å². The summed E-state index contributed by atoms with van der Waals surface area (Å²) in [7, 11) is 0. The predicted molar refractivity (Wildman–Crippen MR) is 85.1 cm³/mol. The zero-order chi connectivity index (χ0) is 17.9. The van der Waals surface area contributed by atoms with E-state index >= 15 is 0 Å². The van der Waals surface area contributed by atoms with Gasteiger partial charge >= 0.3 is 11.7 Å². The normalized spacial score (nSPS) is 20.5. The number of nitro groups is 1. The average Bonchev–Trinajstić information content (AvgIpc) is 2.54. The molecule has 2 unspecified atom stereocenters. The number of ether oxygens (including phenoxy) is 1. The van der Waals surface area contributed by atoms with Crippen molar-refractivity contribution in [2.75, 3.05) is 13.2 Å². The van der Waals surface area contributed by atoms with Crippen molar-refractivity contribution in [1.29, 1.82) is 0 Å². The van der Waals surface area contributed by atoms with Crippen LogP contribution in [0.4, 0.5) is 5.69 Å². The summed E-state index contributed by atoms with van der Waals surface area (Å²) in [6.07, 6.45) is 1.10. The third kappa shape index (κ3) is 3.64. The number of piperidine rings is 1. The summed E-state index contributed by atoms with van der Waals surface area (Å²) in [5.41, 5.74) is -0.120. The zero-order valence-electron chi connectivity index (χ0n) is 13.6. The molecule has 1 aromatic rings. The molecule has 0 aromatic heterocycles. The highest BCUT2D eigenvalue weighted by atomic mass is 16.6. The van der Waals surface area contributed by atoms with Gasteiger partial charge in [0, 0.05) is 24.2 Å². The lowest BCUT2D eigenvalue weighted by atomic mass is 9.93. The van der Waals surface area contributed by atoms with E-state index in [2.05, 4.69) is 0 Å². The third-order valence-electron chi connectivity index (χ3n) is 4.19. The highest BCUT2D eigenvalue weighted by Gasteiger charge is 2.33. The van der Waals surface area contributed by atoms with Crippen LogP contribution in [-0.2, 0) is 4.79 Å². The Hall–Kier alpha value is -2.64. The Balaban J connectivity index is 2.29. The zero-order valence-corrected chi connectivity index (χ0v) is 13.6. The van der Waals surface area contributed by atoms with Crippen molar-refractivity contribution >= 4 is 17.6 Å². The average molecular weight is 336 g/mol. The van der Waals surface area contributed by atoms with Crippen molar-refractivity contribution in [2.24, 2.45) is 5.92 Å². The number of likely N-dealkylation sites (tertiary alicyclic amines) is 1. The number of nitrogens with zero attached hydrogens (tertiary/aromatic N) is 2. The van der Waals surface area contributed by atoms with Gasteiger partial charge in [-0.25, -0.2) is 0 Å². The van der Waals surface area contributed by atoms with Crippen molar-refractivity contribution in [3.63, 3.8) is 0 Å². The Morgan fingerprint density at radius 2 is 2.12 bits per heavy atom. The van der Waals surface area contributed by atoms with Crippen molar-refractivity contribution in [1.82, 2.24) is 4.90 Å². The standard InChI is InChI=1S/C16H20N2O6/c1-3-24-14-7-6-11(8-13(14)18(22)23)15(19)17-9-12(16(20)21)5-4-10(17)2/h6-8,10,12H,3-5,9H2,1-2H3,(H,20,21). The van der Waals surface area contributed by atoms with Gasteiger partial charge in [-0.2, -0.15) is 0 Å². The molecule has 0 radical (unpaired) electrons. The second-order valence-corrected chi connectivity index (χ2v) is 5.79. The van der Waals surface area contributed by atoms with E-state index in [1.54, 1.807) is 6.92 Å². The van der Waals surface area contributed by atoms with Crippen LogP contribution in [0.5, 0.6) is 5.75 Å². The number of rotatable bonds is 5. The number of amides is 1. The monoisotopic (exact) mass is 336 g/mol. The number of hydrogen-bond donors (Lipinski definition) is 1. The molecule has 1 saturated heterocycles. The molecule has 0 bridgehead atoms. The van der Waals surface area contributed by atoms with Gasteiger partial charge in [-0.05, 0) is 38.8 Å². The molecule has 1 aliphatic heterocycles. The van der Waals surface area contributed by atoms with E-state index < -0.39 is 22.7 Å². The second-order valence-electron chi connectivity index (χ2n) is 5.79. The number of carbonyl (C=O) groups excluding carboxylic acids is 1. The summed E-state index contributed by atoms with van der Waals surface area (Å²) in [4.78, 5) is 35.9. The van der Waals surface area contributed by atoms with Gasteiger partial charge < -0.3 is 14.7 Å². The topological polar surface area (TPSA) is 110 Å². The minimum atomic E-state index is -0.933. The lowest BCUT2D eigenvalue weighted by Gasteiger charge is -2.36. The molecule has 0 spiro atoms. The van der Waals surface area contributed by atoms with Gasteiger partial charge in [0.15, 0.2) is 5.75 Å². The summed E-state index contributed by atoms with van der Waals surface area (Å²) in [5.74, 6) is -1.84. The smallest absolute Gasteiger partial charge is 0.311 e. The molecule has 0 aliphatic carbocycles. The van der Waals surface area contributed by atoms with Crippen LogP contribution in [0.15, 0.2) is 18.2 Å². The molecule has 8 nitrogen and oxygen atoms in total. The van der Waals surface area contributed by atoms with E-state index in [0.29, 0.717) is 12.8 Å². The number of aliphatic carboxylic acids is 1. The van der Waals surface area contributed by atoms with E-state index in [1.807, 2.05) is 6.92 Å². The Labute approximate surface area is 139 Å². The largest absolute Gasteiger partial charge is 0.487 e. The van der Waals surface area contributed by atoms with E-state index in [4.69, 9.17) is 9.84 Å². The van der Waals surface area contributed by atoms with Gasteiger partial charge in [-0.3, -0.25) is 19.7 Å². The third-order valence-corrected chi connectivity index (χ3v) is 4.19. The Kier molecular flexibility index (Phi) is 5.38. The molecule has 1 heterocycles. The molecule has 130 valence electrons. The summed E-state index contributed by atoms with van der Waals surface area (Å²) >= 11 is 0. The maximum atomic E-state index is 12.7. The van der Waals surface area contributed by atoms with Crippen LogP contribution < -0.4 is 4.74 Å². The molecule has 24 heavy (non-hydrogen) atoms. The summed E-state index contributed by atoms with van der Waals surface area (Å²) in [6.45, 7) is 3.94. The first-order chi connectivity index (χ1) is 11.3. The summed E-state index contributed by atoms with van der Waals surface area (Å²) in [5, 5.41) is 20.3. The van der Waals surface area contributed by atoms with Gasteiger partial charge in [0.05, 0.1) is 17.4 Å². The SMILES string of the molecule is CCOc1ccc(C(=O)N2CC(C(=O)O)CCC2C)cc1[N+](=O)[O-]. The fourth-order valence-corrected chi connectivity index (χ4v) is 2.83. The number of carboxylic acids is 1. The van der Waals surface area contributed by atoms with Crippen LogP contribution in [0.1, 0.15) is 37.0 Å². The minimum Gasteiger partial charge on any atom is -0.487 e. The first kappa shape index (κ1) is 17.7. The van der Waals surface area contributed by atoms with Crippen molar-refractivity contribution < 1.29 is 24.4 Å². The Bertz CT molecular complexity index is 660. The van der Waals surface area contributed by atoms with Crippen LogP contribution >= 0.6 is 0 Å². The predicted octanol–water partition coefficient (Wildman–Crippen LogP) is 2.32. The molecule has 2 atom stereocenters. The van der Waals surface area contributed by atoms with E-state index in [0.717, 1.165) is 0 Å². The number of carboxylic acid groups (broad SMARTS) is 1. The number of benzene rings is 1. The highest BCUT2D eigenvalue weighted by Crippen LogP contribution is 2.30. The molecule has 2 rings (SSSR count). The molecule has 1 N–H and O–H groups in total. The Morgan fingerprint density at radius 3 is 2.71 bits per heavy atom. The van der Waals surface area contributed by atoms with E-state index in [-0.39, 0.29) is 36.2 Å². The highest BCUT2D eigenvalue weighted by molar-refractivity contribution is 5.95. The van der Waals surface area contributed by atoms with Gasteiger partial charge in [-0.15, -0.1) is 0 Å². The first-order valence-corrected chi connectivity index (χ1v) is 7.80. The summed E-state index contributed by atoms with van der Waals surface area (Å²) in [6, 6.07) is 3.94. The number of hydrogen-bond acceptors (Lipinski definition) is 5. The number of nitro benzene ring substituents is 1. The van der Waals surface area contributed by atoms with Crippen LogP contribution in [0, 0.1) is 16.0 Å². The van der Waals surface area contributed by atoms with Crippen LogP contribution in [0.3, 0.4) is 0 Å². The quantitative estimate of drug-likeness (QED) is 0.652. The lowest BCUT2D eigenvalue weighted by Crippen LogP contribution is -2.47. The second kappa shape index (κ2) is 7.29. The molecule has 1 fully saturated rings. The van der Waals surface area contributed by atoms with Gasteiger partial charge in [0.25, 0.3) is 5.91 Å². The van der Waals surface area contributed by atoms with Crippen molar-refractivity contribution in [3.05, 3.63) is 33.9 Å². The summed E-state index contributed by atoms with van der Waals surface area (Å²) < 4.78 is 5.20. The fourth-order valence-electron chi connectivity index (χ4n) is 2.83. The lowest BCUT2D eigenvalue weighted by molar-refractivity contribution is -0.385. The first-order valence-electron chi connectivity index (χ1n) is 7.80. The maximum absolute atomic E-state index is 12.7. The van der Waals surface area contributed by atoms with E-state index in [9.17, 15) is 19.7 Å². The van der Waals surface area contributed by atoms with Gasteiger partial charge in [0.1, 0.15) is 0 Å². The maximum Gasteiger partial charge on any atom is 0.311 e. The fraction of sp³-hybridized carbons (Fsp3) is 0.500. The molecule has 1 amide bonds. The van der Waals surface area contributed by atoms with Gasteiger partial charge in [-0.1, -0.05) is 0 Å². The van der Waals surface area contributed by atoms with Gasteiger partial charge in [0.2, 0.25) is 0 Å². The molecule has 1 aromatic carbocycles. The van der Waals surface area contributed by atoms with Crippen LogP contribution in [0.2, 0.25) is 0 Å². The molecule has 1 aliphatic rings. The minimum absolute atomic E-state index is 0.106. The van der Waals surface area contributed by atoms with E-state index in [1.165, 1.54) is 23.1 Å². The van der Waals surface area contributed by atoms with Crippen LogP contribution in [0.25, 0.3) is 0 Å².